The van der Waals surface area contributed by atoms with Crippen LogP contribution in [-0.4, -0.2) is 79.8 Å². The summed E-state index contributed by atoms with van der Waals surface area (Å²) < 4.78 is 6.54. The number of aliphatic hydroxyl groups excluding tert-OH is 1. The van der Waals surface area contributed by atoms with Crippen LogP contribution in [0.4, 0.5) is 16.2 Å². The molecule has 1 aliphatic heterocycles. The van der Waals surface area contributed by atoms with Crippen LogP contribution in [0, 0.1) is 5.92 Å². The van der Waals surface area contributed by atoms with Gasteiger partial charge >= 0.3 is 6.03 Å². The molecule has 196 valence electrons. The fourth-order valence-electron chi connectivity index (χ4n) is 4.70. The molecule has 0 spiro atoms. The van der Waals surface area contributed by atoms with Crippen LogP contribution in [0.5, 0.6) is 5.75 Å². The van der Waals surface area contributed by atoms with Crippen molar-refractivity contribution in [1.29, 1.82) is 0 Å². The zero-order chi connectivity index (χ0) is 26.7. The normalized spacial score (nSPS) is 18.3. The highest BCUT2D eigenvalue weighted by atomic mass is 16.5. The molecule has 0 aromatic heterocycles. The molecule has 8 heteroatoms. The van der Waals surface area contributed by atoms with E-state index in [4.69, 9.17) is 4.74 Å². The largest absolute Gasteiger partial charge is 0.485 e. The number of urea groups is 1. The van der Waals surface area contributed by atoms with Crippen molar-refractivity contribution < 1.29 is 19.4 Å². The van der Waals surface area contributed by atoms with Gasteiger partial charge < -0.3 is 29.9 Å². The first-order valence-corrected chi connectivity index (χ1v) is 12.6. The van der Waals surface area contributed by atoms with Crippen LogP contribution < -0.4 is 15.0 Å². The number of fused-ring (bicyclic) bond motifs is 2. The van der Waals surface area contributed by atoms with Crippen LogP contribution >= 0.6 is 0 Å². The Balaban J connectivity index is 1.62. The van der Waals surface area contributed by atoms with Gasteiger partial charge in [0.15, 0.2) is 5.75 Å². The first-order valence-electron chi connectivity index (χ1n) is 12.6. The van der Waals surface area contributed by atoms with Crippen LogP contribution in [0.15, 0.2) is 60.7 Å². The summed E-state index contributed by atoms with van der Waals surface area (Å²) in [5, 5.41) is 14.9. The molecule has 8 nitrogen and oxygen atoms in total. The van der Waals surface area contributed by atoms with Crippen molar-refractivity contribution in [2.75, 3.05) is 51.1 Å². The predicted octanol–water partition coefficient (Wildman–Crippen LogP) is 4.29. The SMILES string of the molecule is C[C@H](CO)N1C[C@H](C)[C@@H](CN(C)C(=O)Nc2cccc3ccccc23)Oc2c(cccc2N(C)C)C1=O. The van der Waals surface area contributed by atoms with E-state index in [0.29, 0.717) is 24.4 Å². The number of carbonyl (C=O) groups excluding carboxylic acids is 2. The van der Waals surface area contributed by atoms with Crippen LogP contribution in [0.3, 0.4) is 0 Å². The van der Waals surface area contributed by atoms with Crippen LogP contribution in [0.25, 0.3) is 10.8 Å². The number of para-hydroxylation sites is 1. The summed E-state index contributed by atoms with van der Waals surface area (Å²) in [6.07, 6.45) is -0.385. The molecule has 0 aliphatic carbocycles. The average molecular weight is 505 g/mol. The number of hydrogen-bond acceptors (Lipinski definition) is 5. The molecule has 0 radical (unpaired) electrons. The third kappa shape index (κ3) is 5.49. The van der Waals surface area contributed by atoms with Crippen LogP contribution in [-0.2, 0) is 0 Å². The zero-order valence-corrected chi connectivity index (χ0v) is 22.1. The number of benzene rings is 3. The smallest absolute Gasteiger partial charge is 0.321 e. The van der Waals surface area contributed by atoms with Crippen molar-refractivity contribution in [3.8, 4) is 5.75 Å². The summed E-state index contributed by atoms with van der Waals surface area (Å²) in [5.74, 6) is 0.216. The molecule has 1 heterocycles. The van der Waals surface area contributed by atoms with Crippen molar-refractivity contribution in [2.45, 2.75) is 26.0 Å². The molecule has 0 saturated heterocycles. The topological polar surface area (TPSA) is 85.3 Å². The van der Waals surface area contributed by atoms with Crippen LogP contribution in [0.1, 0.15) is 24.2 Å². The van der Waals surface area contributed by atoms with E-state index in [1.807, 2.05) is 87.4 Å². The van der Waals surface area contributed by atoms with Gasteiger partial charge in [0.05, 0.1) is 36.1 Å². The Morgan fingerprint density at radius 2 is 1.81 bits per heavy atom. The van der Waals surface area contributed by atoms with E-state index in [0.717, 1.165) is 22.1 Å². The standard InChI is InChI=1S/C29H36N4O4/c1-19-16-33(20(2)18-34)28(35)23-13-9-15-25(31(3)4)27(23)37-26(19)17-32(5)29(36)30-24-14-8-11-21-10-6-7-12-22(21)24/h6-15,19-20,26,34H,16-18H2,1-5H3,(H,30,36)/t19-,20+,26+/m0/s1. The number of nitrogens with one attached hydrogen (secondary N) is 1. The summed E-state index contributed by atoms with van der Waals surface area (Å²) in [4.78, 5) is 32.0. The summed E-state index contributed by atoms with van der Waals surface area (Å²) in [5.41, 5.74) is 1.98. The van der Waals surface area contributed by atoms with Gasteiger partial charge in [-0.25, -0.2) is 4.79 Å². The molecule has 37 heavy (non-hydrogen) atoms. The highest BCUT2D eigenvalue weighted by molar-refractivity contribution is 6.01. The highest BCUT2D eigenvalue weighted by Gasteiger charge is 2.35. The van der Waals surface area contributed by atoms with E-state index in [1.54, 1.807) is 22.9 Å². The zero-order valence-electron chi connectivity index (χ0n) is 22.1. The third-order valence-electron chi connectivity index (χ3n) is 6.98. The number of carbonyl (C=O) groups is 2. The number of hydrogen-bond donors (Lipinski definition) is 2. The quantitative estimate of drug-likeness (QED) is 0.523. The Kier molecular flexibility index (Phi) is 7.88. The number of amides is 3. The highest BCUT2D eigenvalue weighted by Crippen LogP contribution is 2.36. The molecule has 0 fully saturated rings. The lowest BCUT2D eigenvalue weighted by molar-refractivity contribution is 0.0372. The van der Waals surface area contributed by atoms with Gasteiger partial charge in [-0.1, -0.05) is 49.4 Å². The summed E-state index contributed by atoms with van der Waals surface area (Å²) in [7, 11) is 5.55. The minimum atomic E-state index is -0.385. The summed E-state index contributed by atoms with van der Waals surface area (Å²) in [6.45, 7) is 4.42. The molecule has 1 aliphatic rings. The number of anilines is 2. The molecule has 0 unspecified atom stereocenters. The average Bonchev–Trinajstić information content (AvgIpc) is 2.89. The van der Waals surface area contributed by atoms with Crippen molar-refractivity contribution >= 4 is 34.1 Å². The minimum Gasteiger partial charge on any atom is -0.485 e. The first-order chi connectivity index (χ1) is 17.7. The lowest BCUT2D eigenvalue weighted by Gasteiger charge is -2.39. The Morgan fingerprint density at radius 3 is 2.54 bits per heavy atom. The van der Waals surface area contributed by atoms with E-state index >= 15 is 0 Å². The summed E-state index contributed by atoms with van der Waals surface area (Å²) >= 11 is 0. The van der Waals surface area contributed by atoms with Gasteiger partial charge in [-0.15, -0.1) is 0 Å². The maximum absolute atomic E-state index is 13.5. The number of aliphatic hydroxyl groups is 1. The fraction of sp³-hybridized carbons (Fsp3) is 0.379. The Labute approximate surface area is 218 Å². The minimum absolute atomic E-state index is 0.103. The molecule has 3 aromatic rings. The van der Waals surface area contributed by atoms with Gasteiger partial charge in [-0.3, -0.25) is 4.79 Å². The molecular formula is C29H36N4O4. The van der Waals surface area contributed by atoms with Gasteiger partial charge in [-0.05, 0) is 30.5 Å². The molecule has 3 aromatic carbocycles. The van der Waals surface area contributed by atoms with Gasteiger partial charge in [0.1, 0.15) is 6.10 Å². The fourth-order valence-corrected chi connectivity index (χ4v) is 4.70. The lowest BCUT2D eigenvalue weighted by Crippen LogP contribution is -2.50. The second-order valence-corrected chi connectivity index (χ2v) is 10.0. The van der Waals surface area contributed by atoms with E-state index in [-0.39, 0.29) is 36.6 Å². The van der Waals surface area contributed by atoms with Crippen molar-refractivity contribution in [2.24, 2.45) is 5.92 Å². The molecular weight excluding hydrogens is 468 g/mol. The molecule has 3 atom stereocenters. The predicted molar refractivity (Wildman–Crippen MR) is 148 cm³/mol. The number of ether oxygens (including phenoxy) is 1. The van der Waals surface area contributed by atoms with E-state index < -0.39 is 0 Å². The summed E-state index contributed by atoms with van der Waals surface area (Å²) in [6, 6.07) is 18.7. The van der Waals surface area contributed by atoms with Crippen molar-refractivity contribution in [3.05, 3.63) is 66.2 Å². The number of nitrogens with zero attached hydrogens (tertiary/aromatic N) is 3. The van der Waals surface area contributed by atoms with Crippen LogP contribution in [0.2, 0.25) is 0 Å². The molecule has 2 N–H and O–H groups in total. The second-order valence-electron chi connectivity index (χ2n) is 10.0. The Bertz CT molecular complexity index is 1270. The molecule has 3 amide bonds. The molecule has 4 rings (SSSR count). The van der Waals surface area contributed by atoms with Gasteiger partial charge in [0.2, 0.25) is 0 Å². The van der Waals surface area contributed by atoms with E-state index in [1.165, 1.54) is 0 Å². The van der Waals surface area contributed by atoms with Crippen molar-refractivity contribution in [1.82, 2.24) is 9.80 Å². The number of rotatable bonds is 6. The molecule has 0 bridgehead atoms. The first kappa shape index (κ1) is 26.3. The maximum Gasteiger partial charge on any atom is 0.321 e. The van der Waals surface area contributed by atoms with E-state index in [9.17, 15) is 14.7 Å². The Morgan fingerprint density at radius 1 is 1.11 bits per heavy atom. The maximum atomic E-state index is 13.5. The van der Waals surface area contributed by atoms with E-state index in [2.05, 4.69) is 5.32 Å². The number of likely N-dealkylation sites (N-methyl/N-ethyl adjacent to an activating group) is 1. The van der Waals surface area contributed by atoms with Gasteiger partial charge in [-0.2, -0.15) is 0 Å². The third-order valence-corrected chi connectivity index (χ3v) is 6.98. The Hall–Kier alpha value is -3.78. The second kappa shape index (κ2) is 11.1. The monoisotopic (exact) mass is 504 g/mol. The lowest BCUT2D eigenvalue weighted by atomic mass is 9.99. The van der Waals surface area contributed by atoms with Gasteiger partial charge in [0.25, 0.3) is 5.91 Å². The van der Waals surface area contributed by atoms with Crippen molar-refractivity contribution in [3.63, 3.8) is 0 Å². The van der Waals surface area contributed by atoms with Gasteiger partial charge in [0, 0.05) is 39.0 Å². The molecule has 0 saturated carbocycles.